The second kappa shape index (κ2) is 5.61. The summed E-state index contributed by atoms with van der Waals surface area (Å²) in [6.45, 7) is 9.27. The van der Waals surface area contributed by atoms with Gasteiger partial charge in [0, 0.05) is 31.2 Å². The predicted octanol–water partition coefficient (Wildman–Crippen LogP) is 2.12. The van der Waals surface area contributed by atoms with Gasteiger partial charge in [0.2, 0.25) is 5.91 Å². The molecular formula is C18H31N3O3. The Morgan fingerprint density at radius 2 is 1.75 bits per heavy atom. The minimum atomic E-state index is -0.496. The third kappa shape index (κ3) is 3.13. The minimum Gasteiger partial charge on any atom is -0.444 e. The predicted molar refractivity (Wildman–Crippen MR) is 91.4 cm³/mol. The van der Waals surface area contributed by atoms with Crippen LogP contribution in [0.1, 0.15) is 59.8 Å². The number of rotatable bonds is 1. The molecule has 0 radical (unpaired) electrons. The van der Waals surface area contributed by atoms with Crippen molar-refractivity contribution in [3.05, 3.63) is 0 Å². The molecule has 3 fully saturated rings. The molecule has 1 saturated heterocycles. The lowest BCUT2D eigenvalue weighted by molar-refractivity contribution is -0.146. The van der Waals surface area contributed by atoms with Crippen LogP contribution in [0, 0.1) is 5.41 Å². The van der Waals surface area contributed by atoms with Gasteiger partial charge in [-0.3, -0.25) is 4.79 Å². The van der Waals surface area contributed by atoms with Gasteiger partial charge in [-0.2, -0.15) is 0 Å². The van der Waals surface area contributed by atoms with E-state index in [-0.39, 0.29) is 29.0 Å². The van der Waals surface area contributed by atoms with Crippen LogP contribution in [0.5, 0.6) is 0 Å². The third-order valence-corrected chi connectivity index (χ3v) is 5.89. The van der Waals surface area contributed by atoms with Crippen LogP contribution in [0.2, 0.25) is 0 Å². The number of piperazine rings is 1. The Morgan fingerprint density at radius 1 is 1.12 bits per heavy atom. The Labute approximate surface area is 144 Å². The third-order valence-electron chi connectivity index (χ3n) is 5.89. The van der Waals surface area contributed by atoms with Crippen molar-refractivity contribution in [1.82, 2.24) is 9.80 Å². The van der Waals surface area contributed by atoms with Crippen LogP contribution in [0.4, 0.5) is 4.79 Å². The molecule has 0 aromatic rings. The summed E-state index contributed by atoms with van der Waals surface area (Å²) in [6, 6.07) is 0.0153. The van der Waals surface area contributed by atoms with E-state index in [1.165, 1.54) is 0 Å². The fourth-order valence-corrected chi connectivity index (χ4v) is 4.60. The van der Waals surface area contributed by atoms with E-state index in [0.29, 0.717) is 19.6 Å². The highest BCUT2D eigenvalue weighted by molar-refractivity contribution is 5.84. The Balaban J connectivity index is 1.62. The Kier molecular flexibility index (Phi) is 4.10. The van der Waals surface area contributed by atoms with E-state index in [1.54, 1.807) is 4.90 Å². The highest BCUT2D eigenvalue weighted by Crippen LogP contribution is 2.56. The second-order valence-corrected chi connectivity index (χ2v) is 9.09. The average Bonchev–Trinajstić information content (AvgIpc) is 2.99. The SMILES string of the molecule is C[C@H]1CN(C(=O)OC(C)(C)C)CCN1C(=O)C12CCC(N)(CC1)C2. The van der Waals surface area contributed by atoms with Gasteiger partial charge in [-0.1, -0.05) is 0 Å². The summed E-state index contributed by atoms with van der Waals surface area (Å²) in [5.41, 5.74) is 5.52. The van der Waals surface area contributed by atoms with Crippen LogP contribution in [0.15, 0.2) is 0 Å². The standard InChI is InChI=1S/C18H31N3O3/c1-13-11-20(15(23)24-16(2,3)4)9-10-21(13)14(22)17-5-7-18(19,12-17)8-6-17/h13H,5-12,19H2,1-4H3/t13-,17?,18?/m0/s1. The largest absolute Gasteiger partial charge is 0.444 e. The summed E-state index contributed by atoms with van der Waals surface area (Å²) < 4.78 is 5.45. The number of carbonyl (C=O) groups is 2. The Morgan fingerprint density at radius 3 is 2.21 bits per heavy atom. The molecule has 3 aliphatic rings. The van der Waals surface area contributed by atoms with E-state index < -0.39 is 5.60 Å². The quantitative estimate of drug-likeness (QED) is 0.795. The van der Waals surface area contributed by atoms with Crippen molar-refractivity contribution in [2.24, 2.45) is 11.1 Å². The first-order valence-electron chi connectivity index (χ1n) is 9.12. The van der Waals surface area contributed by atoms with Gasteiger partial charge in [0.1, 0.15) is 5.60 Å². The smallest absolute Gasteiger partial charge is 0.410 e. The highest BCUT2D eigenvalue weighted by Gasteiger charge is 2.57. The summed E-state index contributed by atoms with van der Waals surface area (Å²) in [5, 5.41) is 0. The summed E-state index contributed by atoms with van der Waals surface area (Å²) in [7, 11) is 0. The maximum Gasteiger partial charge on any atom is 0.410 e. The first-order valence-corrected chi connectivity index (χ1v) is 9.12. The zero-order valence-corrected chi connectivity index (χ0v) is 15.4. The summed E-state index contributed by atoms with van der Waals surface area (Å²) in [5.74, 6) is 0.253. The van der Waals surface area contributed by atoms with Crippen molar-refractivity contribution >= 4 is 12.0 Å². The number of fused-ring (bicyclic) bond motifs is 2. The zero-order valence-electron chi connectivity index (χ0n) is 15.4. The fraction of sp³-hybridized carbons (Fsp3) is 0.889. The molecule has 0 spiro atoms. The molecule has 0 aromatic heterocycles. The van der Waals surface area contributed by atoms with Gasteiger partial charge in [0.05, 0.1) is 5.41 Å². The van der Waals surface area contributed by atoms with Gasteiger partial charge >= 0.3 is 6.09 Å². The number of hydrogen-bond donors (Lipinski definition) is 1. The van der Waals surface area contributed by atoms with Gasteiger partial charge in [0.15, 0.2) is 0 Å². The molecule has 0 aromatic carbocycles. The lowest BCUT2D eigenvalue weighted by atomic mass is 9.82. The summed E-state index contributed by atoms with van der Waals surface area (Å²) in [6.07, 6.45) is 4.30. The maximum atomic E-state index is 13.2. The van der Waals surface area contributed by atoms with Crippen LogP contribution in [-0.2, 0) is 9.53 Å². The van der Waals surface area contributed by atoms with E-state index in [0.717, 1.165) is 32.1 Å². The molecule has 1 heterocycles. The van der Waals surface area contributed by atoms with Crippen molar-refractivity contribution in [2.75, 3.05) is 19.6 Å². The van der Waals surface area contributed by atoms with Crippen molar-refractivity contribution in [3.63, 3.8) is 0 Å². The molecule has 2 amide bonds. The van der Waals surface area contributed by atoms with Gasteiger partial charge < -0.3 is 20.3 Å². The van der Waals surface area contributed by atoms with E-state index in [1.807, 2.05) is 32.6 Å². The lowest BCUT2D eigenvalue weighted by Gasteiger charge is -2.43. The number of nitrogens with zero attached hydrogens (tertiary/aromatic N) is 2. The molecule has 2 saturated carbocycles. The first-order chi connectivity index (χ1) is 11.0. The number of carbonyl (C=O) groups excluding carboxylic acids is 2. The van der Waals surface area contributed by atoms with E-state index in [2.05, 4.69) is 0 Å². The molecule has 2 N–H and O–H groups in total. The van der Waals surface area contributed by atoms with Crippen molar-refractivity contribution in [3.8, 4) is 0 Å². The van der Waals surface area contributed by atoms with Crippen molar-refractivity contribution in [1.29, 1.82) is 0 Å². The highest BCUT2D eigenvalue weighted by atomic mass is 16.6. The summed E-state index contributed by atoms with van der Waals surface area (Å²) in [4.78, 5) is 29.1. The van der Waals surface area contributed by atoms with Crippen LogP contribution in [0.25, 0.3) is 0 Å². The van der Waals surface area contributed by atoms with Crippen LogP contribution in [0.3, 0.4) is 0 Å². The molecule has 24 heavy (non-hydrogen) atoms. The van der Waals surface area contributed by atoms with Gasteiger partial charge in [-0.05, 0) is 59.8 Å². The van der Waals surface area contributed by atoms with Crippen molar-refractivity contribution in [2.45, 2.75) is 77.0 Å². The lowest BCUT2D eigenvalue weighted by Crippen LogP contribution is -2.58. The number of ether oxygens (including phenoxy) is 1. The zero-order chi connectivity index (χ0) is 17.8. The number of hydrogen-bond acceptors (Lipinski definition) is 4. The van der Waals surface area contributed by atoms with Gasteiger partial charge in [0.25, 0.3) is 0 Å². The molecule has 2 bridgehead atoms. The van der Waals surface area contributed by atoms with Gasteiger partial charge in [-0.15, -0.1) is 0 Å². The van der Waals surface area contributed by atoms with Crippen LogP contribution >= 0.6 is 0 Å². The second-order valence-electron chi connectivity index (χ2n) is 9.09. The fourth-order valence-electron chi connectivity index (χ4n) is 4.60. The topological polar surface area (TPSA) is 75.9 Å². The van der Waals surface area contributed by atoms with Crippen molar-refractivity contribution < 1.29 is 14.3 Å². The number of nitrogens with two attached hydrogens (primary N) is 1. The first kappa shape index (κ1) is 17.5. The normalized spacial score (nSPS) is 36.1. The molecule has 1 atom stereocenters. The molecule has 0 unspecified atom stereocenters. The molecule has 3 rings (SSSR count). The van der Waals surface area contributed by atoms with Gasteiger partial charge in [-0.25, -0.2) is 4.79 Å². The van der Waals surface area contributed by atoms with Crippen LogP contribution < -0.4 is 5.73 Å². The molecule has 2 aliphatic carbocycles. The number of amides is 2. The minimum absolute atomic E-state index is 0.0153. The van der Waals surface area contributed by atoms with E-state index in [9.17, 15) is 9.59 Å². The Bertz CT molecular complexity index is 532. The average molecular weight is 337 g/mol. The maximum absolute atomic E-state index is 13.2. The molecule has 6 nitrogen and oxygen atoms in total. The van der Waals surface area contributed by atoms with E-state index in [4.69, 9.17) is 10.5 Å². The Hall–Kier alpha value is -1.30. The molecule has 6 heteroatoms. The molecule has 1 aliphatic heterocycles. The monoisotopic (exact) mass is 337 g/mol. The van der Waals surface area contributed by atoms with E-state index >= 15 is 0 Å². The van der Waals surface area contributed by atoms with Crippen LogP contribution in [-0.4, -0.2) is 58.6 Å². The summed E-state index contributed by atoms with van der Waals surface area (Å²) >= 11 is 0. The molecular weight excluding hydrogens is 306 g/mol. The molecule has 136 valence electrons.